The van der Waals surface area contributed by atoms with Crippen LogP contribution in [0.15, 0.2) is 6.33 Å². The van der Waals surface area contributed by atoms with E-state index < -0.39 is 0 Å². The SMILES string of the molecule is c1nc2c([nH]1)CNC(CN1CCC(N3CCCCC3)C1)C2. The molecule has 4 heterocycles. The number of nitrogens with zero attached hydrogens (tertiary/aromatic N) is 3. The average Bonchev–Trinajstić information content (AvgIpc) is 3.17. The van der Waals surface area contributed by atoms with Crippen molar-refractivity contribution in [3.8, 4) is 0 Å². The van der Waals surface area contributed by atoms with Crippen molar-refractivity contribution in [3.05, 3.63) is 17.7 Å². The summed E-state index contributed by atoms with van der Waals surface area (Å²) in [5, 5.41) is 3.66. The van der Waals surface area contributed by atoms with Gasteiger partial charge in [0.05, 0.1) is 17.7 Å². The highest BCUT2D eigenvalue weighted by atomic mass is 15.3. The van der Waals surface area contributed by atoms with Gasteiger partial charge in [-0.25, -0.2) is 4.98 Å². The zero-order valence-electron chi connectivity index (χ0n) is 12.9. The van der Waals surface area contributed by atoms with Crippen molar-refractivity contribution in [2.45, 2.75) is 50.7 Å². The first kappa shape index (κ1) is 13.7. The highest BCUT2D eigenvalue weighted by Gasteiger charge is 2.30. The number of imidazole rings is 1. The van der Waals surface area contributed by atoms with Crippen LogP contribution in [0.4, 0.5) is 0 Å². The molecule has 0 aromatic carbocycles. The Balaban J connectivity index is 1.29. The molecule has 3 aliphatic rings. The molecule has 0 bridgehead atoms. The van der Waals surface area contributed by atoms with Gasteiger partial charge in [0.15, 0.2) is 0 Å². The average molecular weight is 289 g/mol. The molecule has 4 rings (SSSR count). The van der Waals surface area contributed by atoms with Gasteiger partial charge in [-0.1, -0.05) is 6.42 Å². The van der Waals surface area contributed by atoms with E-state index in [0.29, 0.717) is 6.04 Å². The zero-order valence-corrected chi connectivity index (χ0v) is 12.9. The fourth-order valence-corrected chi connectivity index (χ4v) is 4.23. The fourth-order valence-electron chi connectivity index (χ4n) is 4.23. The Hall–Kier alpha value is -0.910. The van der Waals surface area contributed by atoms with Gasteiger partial charge in [-0.05, 0) is 38.9 Å². The van der Waals surface area contributed by atoms with Crippen molar-refractivity contribution < 1.29 is 0 Å². The van der Waals surface area contributed by atoms with Gasteiger partial charge in [-0.2, -0.15) is 0 Å². The molecule has 21 heavy (non-hydrogen) atoms. The number of aromatic amines is 1. The Kier molecular flexibility index (Phi) is 3.97. The maximum absolute atomic E-state index is 4.45. The van der Waals surface area contributed by atoms with Gasteiger partial charge in [-0.3, -0.25) is 4.90 Å². The molecule has 0 saturated carbocycles. The van der Waals surface area contributed by atoms with Crippen LogP contribution in [-0.4, -0.2) is 64.6 Å². The Morgan fingerprint density at radius 2 is 2.10 bits per heavy atom. The first-order chi connectivity index (χ1) is 10.4. The maximum atomic E-state index is 4.45. The van der Waals surface area contributed by atoms with Crippen LogP contribution in [0.1, 0.15) is 37.1 Å². The van der Waals surface area contributed by atoms with E-state index in [4.69, 9.17) is 0 Å². The van der Waals surface area contributed by atoms with Crippen molar-refractivity contribution in [2.75, 3.05) is 32.7 Å². The number of hydrogen-bond donors (Lipinski definition) is 2. The number of hydrogen-bond acceptors (Lipinski definition) is 4. The Morgan fingerprint density at radius 3 is 3.00 bits per heavy atom. The molecule has 0 radical (unpaired) electrons. The minimum Gasteiger partial charge on any atom is -0.347 e. The molecule has 5 heteroatoms. The van der Waals surface area contributed by atoms with Gasteiger partial charge in [0.1, 0.15) is 0 Å². The molecule has 5 nitrogen and oxygen atoms in total. The second kappa shape index (κ2) is 6.07. The van der Waals surface area contributed by atoms with Crippen LogP contribution in [0.2, 0.25) is 0 Å². The first-order valence-electron chi connectivity index (χ1n) is 8.59. The van der Waals surface area contributed by atoms with Gasteiger partial charge >= 0.3 is 0 Å². The third kappa shape index (κ3) is 3.00. The third-order valence-electron chi connectivity index (χ3n) is 5.45. The standard InChI is InChI=1S/C16H27N5/c1-2-5-21(6-3-1)14-4-7-20(11-14)10-13-8-15-16(9-17-13)19-12-18-15/h12-14,17H,1-11H2,(H,18,19). The summed E-state index contributed by atoms with van der Waals surface area (Å²) in [5.41, 5.74) is 2.55. The number of H-pyrrole nitrogens is 1. The number of rotatable bonds is 3. The number of aromatic nitrogens is 2. The van der Waals surface area contributed by atoms with Gasteiger partial charge in [0.25, 0.3) is 0 Å². The van der Waals surface area contributed by atoms with E-state index in [-0.39, 0.29) is 0 Å². The normalized spacial score (nSPS) is 31.4. The zero-order chi connectivity index (χ0) is 14.1. The Bertz CT molecular complexity index is 465. The first-order valence-corrected chi connectivity index (χ1v) is 8.59. The molecule has 0 amide bonds. The van der Waals surface area contributed by atoms with Crippen LogP contribution in [0, 0.1) is 0 Å². The molecule has 2 unspecified atom stereocenters. The quantitative estimate of drug-likeness (QED) is 0.871. The molecule has 2 atom stereocenters. The van der Waals surface area contributed by atoms with Gasteiger partial charge in [0.2, 0.25) is 0 Å². The van der Waals surface area contributed by atoms with E-state index in [9.17, 15) is 0 Å². The van der Waals surface area contributed by atoms with Crippen molar-refractivity contribution in [1.82, 2.24) is 25.1 Å². The molecule has 2 fully saturated rings. The molecule has 3 aliphatic heterocycles. The molecular weight excluding hydrogens is 262 g/mol. The molecule has 2 saturated heterocycles. The minimum atomic E-state index is 0.570. The van der Waals surface area contributed by atoms with Crippen LogP contribution in [0.5, 0.6) is 0 Å². The molecule has 0 spiro atoms. The van der Waals surface area contributed by atoms with Crippen LogP contribution < -0.4 is 5.32 Å². The van der Waals surface area contributed by atoms with E-state index >= 15 is 0 Å². The number of piperidine rings is 1. The summed E-state index contributed by atoms with van der Waals surface area (Å²) in [6.07, 6.45) is 8.51. The summed E-state index contributed by atoms with van der Waals surface area (Å²) >= 11 is 0. The van der Waals surface area contributed by atoms with Crippen molar-refractivity contribution in [2.24, 2.45) is 0 Å². The van der Waals surface area contributed by atoms with Gasteiger partial charge < -0.3 is 15.2 Å². The molecule has 1 aromatic rings. The second-order valence-electron chi connectivity index (χ2n) is 6.91. The van der Waals surface area contributed by atoms with Crippen LogP contribution in [-0.2, 0) is 13.0 Å². The van der Waals surface area contributed by atoms with Crippen molar-refractivity contribution in [3.63, 3.8) is 0 Å². The largest absolute Gasteiger partial charge is 0.347 e. The lowest BCUT2D eigenvalue weighted by atomic mass is 10.1. The maximum Gasteiger partial charge on any atom is 0.0925 e. The van der Waals surface area contributed by atoms with E-state index in [1.165, 1.54) is 69.8 Å². The molecular formula is C16H27N5. The molecule has 2 N–H and O–H groups in total. The predicted octanol–water partition coefficient (Wildman–Crippen LogP) is 0.984. The summed E-state index contributed by atoms with van der Waals surface area (Å²) in [6, 6.07) is 1.38. The van der Waals surface area contributed by atoms with E-state index in [1.54, 1.807) is 0 Å². The van der Waals surface area contributed by atoms with Crippen LogP contribution in [0.25, 0.3) is 0 Å². The van der Waals surface area contributed by atoms with Crippen LogP contribution in [0.3, 0.4) is 0 Å². The molecule has 116 valence electrons. The summed E-state index contributed by atoms with van der Waals surface area (Å²) in [6.45, 7) is 7.33. The predicted molar refractivity (Wildman–Crippen MR) is 83.2 cm³/mol. The van der Waals surface area contributed by atoms with Crippen molar-refractivity contribution in [1.29, 1.82) is 0 Å². The summed E-state index contributed by atoms with van der Waals surface area (Å²) in [4.78, 5) is 13.1. The van der Waals surface area contributed by atoms with E-state index in [0.717, 1.165) is 19.0 Å². The molecule has 0 aliphatic carbocycles. The fraction of sp³-hybridized carbons (Fsp3) is 0.812. The monoisotopic (exact) mass is 289 g/mol. The number of nitrogens with one attached hydrogen (secondary N) is 2. The topological polar surface area (TPSA) is 47.2 Å². The Morgan fingerprint density at radius 1 is 1.19 bits per heavy atom. The minimum absolute atomic E-state index is 0.570. The lowest BCUT2D eigenvalue weighted by molar-refractivity contribution is 0.159. The van der Waals surface area contributed by atoms with E-state index in [1.807, 2.05) is 6.33 Å². The molecule has 1 aromatic heterocycles. The van der Waals surface area contributed by atoms with Gasteiger partial charge in [0, 0.05) is 38.1 Å². The highest BCUT2D eigenvalue weighted by Crippen LogP contribution is 2.21. The lowest BCUT2D eigenvalue weighted by Crippen LogP contribution is -2.46. The third-order valence-corrected chi connectivity index (χ3v) is 5.45. The van der Waals surface area contributed by atoms with Crippen LogP contribution >= 0.6 is 0 Å². The summed E-state index contributed by atoms with van der Waals surface area (Å²) < 4.78 is 0. The number of fused-ring (bicyclic) bond motifs is 1. The van der Waals surface area contributed by atoms with E-state index in [2.05, 4.69) is 25.1 Å². The lowest BCUT2D eigenvalue weighted by Gasteiger charge is -2.33. The summed E-state index contributed by atoms with van der Waals surface area (Å²) in [7, 11) is 0. The number of likely N-dealkylation sites (tertiary alicyclic amines) is 2. The second-order valence-corrected chi connectivity index (χ2v) is 6.91. The van der Waals surface area contributed by atoms with Gasteiger partial charge in [-0.15, -0.1) is 0 Å². The summed E-state index contributed by atoms with van der Waals surface area (Å²) in [5.74, 6) is 0. The smallest absolute Gasteiger partial charge is 0.0925 e. The Labute approximate surface area is 127 Å². The highest BCUT2D eigenvalue weighted by molar-refractivity contribution is 5.16. The van der Waals surface area contributed by atoms with Crippen molar-refractivity contribution >= 4 is 0 Å².